The Hall–Kier alpha value is -0.756. The molecule has 1 amide bonds. The van der Waals surface area contributed by atoms with E-state index in [0.29, 0.717) is 10.0 Å². The van der Waals surface area contributed by atoms with Gasteiger partial charge in [0.05, 0.1) is 32.3 Å². The number of hydrogen-bond donors (Lipinski definition) is 1. The van der Waals surface area contributed by atoms with Crippen LogP contribution in [0.25, 0.3) is 0 Å². The Morgan fingerprint density at radius 2 is 1.82 bits per heavy atom. The molecular weight excluding hydrogens is 351 g/mol. The van der Waals surface area contributed by atoms with Crippen LogP contribution in [0.1, 0.15) is 36.5 Å². The van der Waals surface area contributed by atoms with E-state index in [-0.39, 0.29) is 44.2 Å². The molecule has 0 saturated heterocycles. The zero-order valence-electron chi connectivity index (χ0n) is 14.2. The van der Waals surface area contributed by atoms with E-state index in [0.717, 1.165) is 36.2 Å². The minimum absolute atomic E-state index is 0. The number of benzene rings is 1. The molecule has 0 unspecified atom stereocenters. The number of nitrogens with zero attached hydrogens (tertiary/aromatic N) is 2. The Morgan fingerprint density at radius 3 is 2.18 bits per heavy atom. The van der Waals surface area contributed by atoms with Crippen LogP contribution < -0.4 is 5.32 Å². The molecule has 1 saturated carbocycles. The molecule has 5 heteroatoms. The van der Waals surface area contributed by atoms with Crippen LogP contribution in [-0.4, -0.2) is 36.6 Å². The number of nitriles is 1. The quantitative estimate of drug-likeness (QED) is 0.823. The molecule has 1 aliphatic carbocycles. The number of anilines is 1. The summed E-state index contributed by atoms with van der Waals surface area (Å²) in [6, 6.07) is 5.79. The van der Waals surface area contributed by atoms with Crippen LogP contribution in [0.15, 0.2) is 12.1 Å². The van der Waals surface area contributed by atoms with Crippen LogP contribution in [0.4, 0.5) is 5.69 Å². The first-order valence-electron chi connectivity index (χ1n) is 7.43. The third kappa shape index (κ3) is 3.27. The fourth-order valence-electron chi connectivity index (χ4n) is 2.98. The van der Waals surface area contributed by atoms with E-state index in [4.69, 9.17) is 5.26 Å². The van der Waals surface area contributed by atoms with Gasteiger partial charge in [0, 0.05) is 51.2 Å². The summed E-state index contributed by atoms with van der Waals surface area (Å²) in [5.41, 5.74) is 3.08. The van der Waals surface area contributed by atoms with Crippen molar-refractivity contribution in [2.45, 2.75) is 39.2 Å². The van der Waals surface area contributed by atoms with Gasteiger partial charge in [0.25, 0.3) is 5.91 Å². The van der Waals surface area contributed by atoms with Crippen LogP contribution in [0, 0.1) is 25.2 Å². The number of nitrogens with one attached hydrogen (secondary N) is 1. The van der Waals surface area contributed by atoms with E-state index < -0.39 is 0 Å². The van der Waals surface area contributed by atoms with Gasteiger partial charge in [0.1, 0.15) is 0 Å². The summed E-state index contributed by atoms with van der Waals surface area (Å²) in [6.45, 7) is 6.91. The maximum absolute atomic E-state index is 12.8. The summed E-state index contributed by atoms with van der Waals surface area (Å²) < 4.78 is 0.715. The SMILES string of the molecule is CC[N+](C)(C)C1(C(=O)Nc2c(C)cc(C#N)cc2C)CC1.[Y]. The van der Waals surface area contributed by atoms with E-state index in [9.17, 15) is 4.79 Å². The molecule has 0 bridgehead atoms. The normalized spacial score (nSPS) is 15.5. The minimum Gasteiger partial charge on any atom is -0.320 e. The number of aryl methyl sites for hydroxylation is 2. The molecule has 0 aliphatic heterocycles. The van der Waals surface area contributed by atoms with Crippen molar-refractivity contribution in [3.8, 4) is 6.07 Å². The second-order valence-corrected chi connectivity index (χ2v) is 6.58. The summed E-state index contributed by atoms with van der Waals surface area (Å²) in [7, 11) is 4.23. The number of amides is 1. The number of rotatable bonds is 4. The van der Waals surface area contributed by atoms with Gasteiger partial charge in [-0.25, -0.2) is 0 Å². The Labute approximate surface area is 158 Å². The molecule has 1 N–H and O–H groups in total. The fraction of sp³-hybridized carbons (Fsp3) is 0.529. The molecule has 0 atom stereocenters. The molecule has 22 heavy (non-hydrogen) atoms. The van der Waals surface area contributed by atoms with E-state index in [1.165, 1.54) is 0 Å². The second kappa shape index (κ2) is 6.78. The van der Waals surface area contributed by atoms with Gasteiger partial charge >= 0.3 is 0 Å². The van der Waals surface area contributed by atoms with Crippen molar-refractivity contribution in [1.82, 2.24) is 0 Å². The van der Waals surface area contributed by atoms with Crippen molar-refractivity contribution >= 4 is 11.6 Å². The molecule has 1 aliphatic rings. The maximum Gasteiger partial charge on any atom is 0.285 e. The van der Waals surface area contributed by atoms with Crippen molar-refractivity contribution in [3.63, 3.8) is 0 Å². The number of carbonyl (C=O) groups is 1. The molecular formula is C17H24N3OY+. The van der Waals surface area contributed by atoms with E-state index in [2.05, 4.69) is 32.4 Å². The number of hydrogen-bond acceptors (Lipinski definition) is 2. The van der Waals surface area contributed by atoms with Gasteiger partial charge in [-0.15, -0.1) is 0 Å². The van der Waals surface area contributed by atoms with Crippen LogP contribution in [-0.2, 0) is 37.5 Å². The molecule has 4 nitrogen and oxygen atoms in total. The van der Waals surface area contributed by atoms with Crippen molar-refractivity contribution < 1.29 is 42.0 Å². The molecule has 1 fully saturated rings. The molecule has 115 valence electrons. The standard InChI is InChI=1S/C17H23N3O.Y/c1-6-20(4,5)17(7-8-17)16(21)19-15-12(2)9-14(11-18)10-13(15)3;/h9-10H,6-8H2,1-5H3;/p+1. The predicted molar refractivity (Wildman–Crippen MR) is 83.9 cm³/mol. The molecule has 1 radical (unpaired) electrons. The maximum atomic E-state index is 12.8. The van der Waals surface area contributed by atoms with Gasteiger partial charge in [-0.1, -0.05) is 0 Å². The van der Waals surface area contributed by atoms with E-state index in [1.54, 1.807) is 0 Å². The smallest absolute Gasteiger partial charge is 0.285 e. The van der Waals surface area contributed by atoms with Gasteiger partial charge in [-0.05, 0) is 44.0 Å². The molecule has 2 rings (SSSR count). The number of carbonyl (C=O) groups excluding carboxylic acids is 1. The summed E-state index contributed by atoms with van der Waals surface area (Å²) in [6.07, 6.45) is 1.88. The zero-order valence-corrected chi connectivity index (χ0v) is 17.0. The third-order valence-electron chi connectivity index (χ3n) is 5.00. The monoisotopic (exact) mass is 375 g/mol. The molecule has 1 aromatic rings. The fourth-order valence-corrected chi connectivity index (χ4v) is 2.98. The van der Waals surface area contributed by atoms with Gasteiger partial charge < -0.3 is 9.80 Å². The largest absolute Gasteiger partial charge is 0.320 e. The average Bonchev–Trinajstić information content (AvgIpc) is 3.24. The Morgan fingerprint density at radius 1 is 1.32 bits per heavy atom. The Balaban J connectivity index is 0.00000242. The number of quaternary nitrogens is 1. The van der Waals surface area contributed by atoms with Crippen molar-refractivity contribution in [3.05, 3.63) is 28.8 Å². The first kappa shape index (κ1) is 19.3. The van der Waals surface area contributed by atoms with Crippen molar-refractivity contribution in [2.24, 2.45) is 0 Å². The summed E-state index contributed by atoms with van der Waals surface area (Å²) in [5.74, 6) is 0.102. The van der Waals surface area contributed by atoms with Gasteiger partial charge in [0.2, 0.25) is 0 Å². The molecule has 0 heterocycles. The van der Waals surface area contributed by atoms with Crippen molar-refractivity contribution in [2.75, 3.05) is 26.0 Å². The second-order valence-electron chi connectivity index (χ2n) is 6.58. The predicted octanol–water partition coefficient (Wildman–Crippen LogP) is 2.74. The van der Waals surface area contributed by atoms with Gasteiger partial charge in [0.15, 0.2) is 5.54 Å². The molecule has 0 aromatic heterocycles. The summed E-state index contributed by atoms with van der Waals surface area (Å²) in [4.78, 5) is 12.8. The first-order chi connectivity index (χ1) is 9.77. The first-order valence-corrected chi connectivity index (χ1v) is 7.43. The van der Waals surface area contributed by atoms with Crippen LogP contribution in [0.2, 0.25) is 0 Å². The van der Waals surface area contributed by atoms with Gasteiger partial charge in [-0.2, -0.15) is 5.26 Å². The summed E-state index contributed by atoms with van der Waals surface area (Å²) >= 11 is 0. The topological polar surface area (TPSA) is 52.9 Å². The third-order valence-corrected chi connectivity index (χ3v) is 5.00. The zero-order chi connectivity index (χ0) is 15.8. The van der Waals surface area contributed by atoms with Crippen LogP contribution >= 0.6 is 0 Å². The Bertz CT molecular complexity index is 604. The molecule has 0 spiro atoms. The minimum atomic E-state index is -0.290. The van der Waals surface area contributed by atoms with E-state index in [1.807, 2.05) is 26.0 Å². The van der Waals surface area contributed by atoms with E-state index >= 15 is 0 Å². The number of likely N-dealkylation sites (N-methyl/N-ethyl adjacent to an activating group) is 1. The van der Waals surface area contributed by atoms with Crippen LogP contribution in [0.5, 0.6) is 0 Å². The Kier molecular flexibility index (Phi) is 5.95. The summed E-state index contributed by atoms with van der Waals surface area (Å²) in [5, 5.41) is 12.1. The average molecular weight is 375 g/mol. The van der Waals surface area contributed by atoms with Crippen molar-refractivity contribution in [1.29, 1.82) is 5.26 Å². The van der Waals surface area contributed by atoms with Crippen LogP contribution in [0.3, 0.4) is 0 Å². The molecule has 1 aromatic carbocycles. The van der Waals surface area contributed by atoms with Gasteiger partial charge in [-0.3, -0.25) is 4.79 Å².